The smallest absolute Gasteiger partial charge is 0.308 e. The van der Waals surface area contributed by atoms with Crippen molar-refractivity contribution in [1.29, 1.82) is 0 Å². The van der Waals surface area contributed by atoms with E-state index in [4.69, 9.17) is 16.7 Å². The number of pyridine rings is 1. The number of carbonyl (C=O) groups excluding carboxylic acids is 1. The van der Waals surface area contributed by atoms with Crippen molar-refractivity contribution >= 4 is 23.5 Å². The highest BCUT2D eigenvalue weighted by Crippen LogP contribution is 2.25. The van der Waals surface area contributed by atoms with Crippen LogP contribution in [0.2, 0.25) is 5.15 Å². The Morgan fingerprint density at radius 1 is 1.50 bits per heavy atom. The van der Waals surface area contributed by atoms with Gasteiger partial charge in [0.2, 0.25) is 0 Å². The van der Waals surface area contributed by atoms with Crippen LogP contribution in [0.25, 0.3) is 0 Å². The monoisotopic (exact) mass is 268 g/mol. The first kappa shape index (κ1) is 12.8. The third kappa shape index (κ3) is 2.31. The van der Waals surface area contributed by atoms with Crippen molar-refractivity contribution in [1.82, 2.24) is 9.88 Å². The fourth-order valence-electron chi connectivity index (χ4n) is 2.17. The quantitative estimate of drug-likeness (QED) is 0.826. The average Bonchev–Trinajstić information content (AvgIpc) is 2.71. The van der Waals surface area contributed by atoms with Crippen molar-refractivity contribution in [3.8, 4) is 0 Å². The molecule has 1 saturated heterocycles. The Hall–Kier alpha value is -1.62. The Kier molecular flexibility index (Phi) is 3.52. The first-order chi connectivity index (χ1) is 8.50. The lowest BCUT2D eigenvalue weighted by Gasteiger charge is -2.16. The normalized spacial score (nSPS) is 23.1. The van der Waals surface area contributed by atoms with Gasteiger partial charge in [0.05, 0.1) is 11.5 Å². The molecule has 0 saturated carbocycles. The van der Waals surface area contributed by atoms with Gasteiger partial charge < -0.3 is 10.0 Å². The zero-order valence-electron chi connectivity index (χ0n) is 9.84. The van der Waals surface area contributed by atoms with Gasteiger partial charge in [0.15, 0.2) is 0 Å². The number of hydrogen-bond donors (Lipinski definition) is 1. The van der Waals surface area contributed by atoms with Crippen LogP contribution in [0, 0.1) is 11.8 Å². The molecule has 2 rings (SSSR count). The van der Waals surface area contributed by atoms with E-state index in [-0.39, 0.29) is 23.5 Å². The Morgan fingerprint density at radius 3 is 2.78 bits per heavy atom. The average molecular weight is 269 g/mol. The van der Waals surface area contributed by atoms with Crippen LogP contribution < -0.4 is 0 Å². The summed E-state index contributed by atoms with van der Waals surface area (Å²) in [5.74, 6) is -1.69. The van der Waals surface area contributed by atoms with Crippen molar-refractivity contribution in [2.24, 2.45) is 11.8 Å². The van der Waals surface area contributed by atoms with Crippen LogP contribution in [0.15, 0.2) is 18.3 Å². The summed E-state index contributed by atoms with van der Waals surface area (Å²) in [4.78, 5) is 28.6. The molecule has 1 aliphatic rings. The molecule has 1 aliphatic heterocycles. The minimum absolute atomic E-state index is 0.0538. The minimum atomic E-state index is -0.866. The van der Waals surface area contributed by atoms with Gasteiger partial charge in [-0.3, -0.25) is 9.59 Å². The number of likely N-dealkylation sites (tertiary alicyclic amines) is 1. The fourth-order valence-corrected chi connectivity index (χ4v) is 2.37. The Morgan fingerprint density at radius 2 is 2.22 bits per heavy atom. The molecule has 1 aromatic heterocycles. The topological polar surface area (TPSA) is 70.5 Å². The van der Waals surface area contributed by atoms with Crippen molar-refractivity contribution in [3.63, 3.8) is 0 Å². The van der Waals surface area contributed by atoms with E-state index in [2.05, 4.69) is 4.98 Å². The van der Waals surface area contributed by atoms with Crippen LogP contribution in [-0.2, 0) is 4.79 Å². The predicted octanol–water partition coefficient (Wildman–Crippen LogP) is 1.53. The van der Waals surface area contributed by atoms with E-state index in [1.807, 2.05) is 6.92 Å². The zero-order valence-corrected chi connectivity index (χ0v) is 10.6. The van der Waals surface area contributed by atoms with E-state index in [1.165, 1.54) is 11.1 Å². The van der Waals surface area contributed by atoms with E-state index in [1.54, 1.807) is 12.1 Å². The molecule has 1 fully saturated rings. The number of hydrogen-bond acceptors (Lipinski definition) is 3. The minimum Gasteiger partial charge on any atom is -0.481 e. The van der Waals surface area contributed by atoms with Crippen LogP contribution in [-0.4, -0.2) is 40.0 Å². The van der Waals surface area contributed by atoms with E-state index in [9.17, 15) is 9.59 Å². The second-order valence-corrected chi connectivity index (χ2v) is 4.83. The number of halogens is 1. The fraction of sp³-hybridized carbons (Fsp3) is 0.417. The number of rotatable bonds is 2. The van der Waals surface area contributed by atoms with Crippen LogP contribution in [0.4, 0.5) is 0 Å². The summed E-state index contributed by atoms with van der Waals surface area (Å²) in [5, 5.41) is 9.18. The summed E-state index contributed by atoms with van der Waals surface area (Å²) in [5.41, 5.74) is 0.317. The Bertz CT molecular complexity index is 492. The lowest BCUT2D eigenvalue weighted by Crippen LogP contribution is -2.30. The molecule has 96 valence electrons. The van der Waals surface area contributed by atoms with E-state index in [0.717, 1.165) is 0 Å². The van der Waals surface area contributed by atoms with E-state index in [0.29, 0.717) is 12.1 Å². The highest BCUT2D eigenvalue weighted by atomic mass is 35.5. The van der Waals surface area contributed by atoms with Crippen LogP contribution in [0.1, 0.15) is 17.3 Å². The number of carboxylic acids is 1. The lowest BCUT2D eigenvalue weighted by molar-refractivity contribution is -0.142. The molecule has 2 heterocycles. The van der Waals surface area contributed by atoms with Gasteiger partial charge in [-0.2, -0.15) is 0 Å². The maximum atomic E-state index is 12.2. The van der Waals surface area contributed by atoms with Crippen LogP contribution in [0.5, 0.6) is 0 Å². The third-order valence-electron chi connectivity index (χ3n) is 3.21. The van der Waals surface area contributed by atoms with E-state index >= 15 is 0 Å². The maximum absolute atomic E-state index is 12.2. The molecule has 18 heavy (non-hydrogen) atoms. The summed E-state index contributed by atoms with van der Waals surface area (Å²) in [6.45, 7) is 2.48. The molecule has 2 atom stereocenters. The van der Waals surface area contributed by atoms with Crippen molar-refractivity contribution in [3.05, 3.63) is 29.0 Å². The number of aliphatic carboxylic acids is 1. The van der Waals surface area contributed by atoms with Gasteiger partial charge in [0, 0.05) is 19.3 Å². The number of carboxylic acid groups (broad SMARTS) is 1. The molecule has 0 radical (unpaired) electrons. The summed E-state index contributed by atoms with van der Waals surface area (Å²) in [7, 11) is 0. The highest BCUT2D eigenvalue weighted by molar-refractivity contribution is 6.32. The predicted molar refractivity (Wildman–Crippen MR) is 65.4 cm³/mol. The molecule has 0 aliphatic carbocycles. The van der Waals surface area contributed by atoms with Crippen molar-refractivity contribution < 1.29 is 14.7 Å². The third-order valence-corrected chi connectivity index (χ3v) is 3.51. The lowest BCUT2D eigenvalue weighted by atomic mass is 9.99. The van der Waals surface area contributed by atoms with Gasteiger partial charge in [-0.1, -0.05) is 18.5 Å². The van der Waals surface area contributed by atoms with Gasteiger partial charge in [-0.05, 0) is 18.1 Å². The van der Waals surface area contributed by atoms with Crippen molar-refractivity contribution in [2.75, 3.05) is 13.1 Å². The molecule has 0 spiro atoms. The number of aromatic nitrogens is 1. The molecule has 6 heteroatoms. The molecule has 1 amide bonds. The number of carbonyl (C=O) groups is 2. The second kappa shape index (κ2) is 4.94. The van der Waals surface area contributed by atoms with Crippen LogP contribution >= 0.6 is 11.6 Å². The molecular weight excluding hydrogens is 256 g/mol. The molecule has 0 unspecified atom stereocenters. The van der Waals surface area contributed by atoms with Gasteiger partial charge in [0.1, 0.15) is 5.15 Å². The molecule has 5 nitrogen and oxygen atoms in total. The SMILES string of the molecule is C[C@@H]1CN(C(=O)c2cccnc2Cl)C[C@H]1C(=O)O. The maximum Gasteiger partial charge on any atom is 0.308 e. The summed E-state index contributed by atoms with van der Waals surface area (Å²) < 4.78 is 0. The molecule has 1 N–H and O–H groups in total. The standard InChI is InChI=1S/C12H13ClN2O3/c1-7-5-15(6-9(7)12(17)18)11(16)8-3-2-4-14-10(8)13/h2-4,7,9H,5-6H2,1H3,(H,17,18)/t7-,9-/m1/s1. The van der Waals surface area contributed by atoms with Gasteiger partial charge in [-0.15, -0.1) is 0 Å². The molecule has 0 aromatic carbocycles. The van der Waals surface area contributed by atoms with Crippen molar-refractivity contribution in [2.45, 2.75) is 6.92 Å². The highest BCUT2D eigenvalue weighted by Gasteiger charge is 2.37. The van der Waals surface area contributed by atoms with E-state index < -0.39 is 11.9 Å². The first-order valence-electron chi connectivity index (χ1n) is 5.63. The molecule has 0 bridgehead atoms. The second-order valence-electron chi connectivity index (χ2n) is 4.47. The van der Waals surface area contributed by atoms with Gasteiger partial charge >= 0.3 is 5.97 Å². The number of nitrogens with zero attached hydrogens (tertiary/aromatic N) is 2. The number of amides is 1. The van der Waals surface area contributed by atoms with Gasteiger partial charge in [-0.25, -0.2) is 4.98 Å². The summed E-state index contributed by atoms with van der Waals surface area (Å²) >= 11 is 5.86. The largest absolute Gasteiger partial charge is 0.481 e. The Balaban J connectivity index is 2.17. The first-order valence-corrected chi connectivity index (χ1v) is 6.01. The van der Waals surface area contributed by atoms with Crippen LogP contribution in [0.3, 0.4) is 0 Å². The summed E-state index contributed by atoms with van der Waals surface area (Å²) in [6, 6.07) is 3.23. The van der Waals surface area contributed by atoms with Gasteiger partial charge in [0.25, 0.3) is 5.91 Å². The zero-order chi connectivity index (χ0) is 13.3. The molecule has 1 aromatic rings. The Labute approximate surface area is 109 Å². The summed E-state index contributed by atoms with van der Waals surface area (Å²) in [6.07, 6.45) is 1.51. The molecular formula is C12H13ClN2O3.